The number of nitrogens with one attached hydrogen (secondary N) is 1. The van der Waals surface area contributed by atoms with E-state index in [0.717, 1.165) is 68.1 Å². The van der Waals surface area contributed by atoms with Crippen LogP contribution in [0.15, 0.2) is 35.3 Å². The Labute approximate surface area is 218 Å². The highest BCUT2D eigenvalue weighted by Crippen LogP contribution is 2.34. The van der Waals surface area contributed by atoms with Gasteiger partial charge in [0.05, 0.1) is 16.4 Å². The van der Waals surface area contributed by atoms with Crippen molar-refractivity contribution < 1.29 is 4.79 Å². The number of amides is 1. The summed E-state index contributed by atoms with van der Waals surface area (Å²) in [5, 5.41) is 3.15. The molecular weight excluding hydrogens is 486 g/mol. The van der Waals surface area contributed by atoms with Crippen molar-refractivity contribution >= 4 is 49.3 Å². The standard InChI is InChI=1S/C27H31N7O2S/c1-31-9-7-18(8-10-31)29-26(36)22-24(35)23-25(34-19-5-3-4-6-20(19)37-27(22)34)30-21(11-28-23)33-14-16-12-32(2)13-17(16)15-33/h3-6,11,16-18H,7-10,12-15H2,1-2H3,(H,29,36). The fourth-order valence-corrected chi connectivity index (χ4v) is 7.62. The molecule has 0 saturated carbocycles. The second-order valence-corrected chi connectivity index (χ2v) is 12.0. The normalized spacial score (nSPS) is 23.5. The number of piperidine rings is 1. The number of carbonyl (C=O) groups excluding carboxylic acids is 1. The molecule has 6 heterocycles. The molecule has 0 spiro atoms. The first kappa shape index (κ1) is 23.1. The average Bonchev–Trinajstić information content (AvgIpc) is 3.56. The second-order valence-electron chi connectivity index (χ2n) is 11.0. The molecule has 0 radical (unpaired) electrons. The van der Waals surface area contributed by atoms with E-state index >= 15 is 0 Å². The summed E-state index contributed by atoms with van der Waals surface area (Å²) in [6, 6.07) is 8.07. The van der Waals surface area contributed by atoms with Crippen molar-refractivity contribution in [1.82, 2.24) is 29.5 Å². The van der Waals surface area contributed by atoms with E-state index in [-0.39, 0.29) is 28.5 Å². The van der Waals surface area contributed by atoms with Gasteiger partial charge in [0.25, 0.3) is 5.91 Å². The Hall–Kier alpha value is -3.08. The highest BCUT2D eigenvalue weighted by atomic mass is 32.1. The van der Waals surface area contributed by atoms with E-state index in [1.165, 1.54) is 11.3 Å². The first-order valence-electron chi connectivity index (χ1n) is 13.1. The minimum Gasteiger partial charge on any atom is -0.355 e. The zero-order chi connectivity index (χ0) is 25.3. The number of para-hydroxylation sites is 1. The van der Waals surface area contributed by atoms with Crippen LogP contribution in [-0.2, 0) is 0 Å². The Morgan fingerprint density at radius 1 is 1.03 bits per heavy atom. The quantitative estimate of drug-likeness (QED) is 0.446. The lowest BCUT2D eigenvalue weighted by molar-refractivity contribution is 0.0917. The van der Waals surface area contributed by atoms with Crippen LogP contribution in [0.25, 0.3) is 26.2 Å². The van der Waals surface area contributed by atoms with E-state index in [1.54, 1.807) is 6.20 Å². The third kappa shape index (κ3) is 3.81. The molecule has 1 aromatic carbocycles. The monoisotopic (exact) mass is 517 g/mol. The molecule has 10 heteroatoms. The van der Waals surface area contributed by atoms with Gasteiger partial charge in [0.2, 0.25) is 5.43 Å². The molecule has 1 amide bonds. The fraction of sp³-hybridized carbons (Fsp3) is 0.481. The number of rotatable bonds is 3. The lowest BCUT2D eigenvalue weighted by atomic mass is 10.0. The highest BCUT2D eigenvalue weighted by Gasteiger charge is 2.39. The average molecular weight is 518 g/mol. The van der Waals surface area contributed by atoms with Crippen LogP contribution >= 0.6 is 11.3 Å². The number of likely N-dealkylation sites (tertiary alicyclic amines) is 2. The Morgan fingerprint density at radius 2 is 1.76 bits per heavy atom. The molecular formula is C27H31N7O2S. The van der Waals surface area contributed by atoms with Crippen LogP contribution in [0.1, 0.15) is 23.2 Å². The maximum Gasteiger partial charge on any atom is 0.258 e. The van der Waals surface area contributed by atoms with E-state index in [9.17, 15) is 9.59 Å². The van der Waals surface area contributed by atoms with Crippen LogP contribution in [0, 0.1) is 11.8 Å². The molecule has 192 valence electrons. The van der Waals surface area contributed by atoms with E-state index in [0.29, 0.717) is 22.3 Å². The number of anilines is 1. The SMILES string of the molecule is CN1CCC(NC(=O)c2c(=O)c3ncc(N4CC5CN(C)CC5C4)nc3n3c2sc2ccccc23)CC1. The number of nitrogens with zero attached hydrogens (tertiary/aromatic N) is 6. The summed E-state index contributed by atoms with van der Waals surface area (Å²) in [6.45, 7) is 5.99. The van der Waals surface area contributed by atoms with Crippen molar-refractivity contribution in [3.05, 3.63) is 46.2 Å². The van der Waals surface area contributed by atoms with Crippen molar-refractivity contribution in [2.45, 2.75) is 18.9 Å². The summed E-state index contributed by atoms with van der Waals surface area (Å²) in [5.74, 6) is 1.76. The third-order valence-electron chi connectivity index (χ3n) is 8.40. The number of benzene rings is 1. The maximum atomic E-state index is 13.8. The topological polar surface area (TPSA) is 86.1 Å². The molecule has 7 rings (SSSR count). The number of pyridine rings is 1. The molecule has 1 N–H and O–H groups in total. The minimum absolute atomic E-state index is 0.0651. The largest absolute Gasteiger partial charge is 0.355 e. The van der Waals surface area contributed by atoms with Crippen LogP contribution in [0.3, 0.4) is 0 Å². The van der Waals surface area contributed by atoms with Gasteiger partial charge in [-0.05, 0) is 64.0 Å². The van der Waals surface area contributed by atoms with Gasteiger partial charge in [-0.2, -0.15) is 0 Å². The van der Waals surface area contributed by atoms with E-state index in [1.807, 2.05) is 28.7 Å². The predicted octanol–water partition coefficient (Wildman–Crippen LogP) is 2.28. The van der Waals surface area contributed by atoms with Gasteiger partial charge < -0.3 is 20.0 Å². The Balaban J connectivity index is 1.35. The molecule has 3 aliphatic heterocycles. The van der Waals surface area contributed by atoms with Crippen LogP contribution in [0.4, 0.5) is 5.82 Å². The van der Waals surface area contributed by atoms with Crippen molar-refractivity contribution in [1.29, 1.82) is 0 Å². The van der Waals surface area contributed by atoms with Gasteiger partial charge in [-0.15, -0.1) is 11.3 Å². The summed E-state index contributed by atoms with van der Waals surface area (Å²) in [4.78, 5) is 44.6. The molecule has 3 fully saturated rings. The second kappa shape index (κ2) is 8.75. The molecule has 3 aromatic heterocycles. The number of hydrogen-bond acceptors (Lipinski definition) is 8. The van der Waals surface area contributed by atoms with Crippen molar-refractivity contribution in [2.75, 3.05) is 58.3 Å². The number of hydrogen-bond donors (Lipinski definition) is 1. The number of aromatic nitrogens is 3. The van der Waals surface area contributed by atoms with Gasteiger partial charge in [0.1, 0.15) is 16.2 Å². The summed E-state index contributed by atoms with van der Waals surface area (Å²) in [6.07, 6.45) is 3.47. The summed E-state index contributed by atoms with van der Waals surface area (Å²) in [7, 11) is 4.28. The fourth-order valence-electron chi connectivity index (χ4n) is 6.44. The van der Waals surface area contributed by atoms with Crippen molar-refractivity contribution in [3.8, 4) is 0 Å². The summed E-state index contributed by atoms with van der Waals surface area (Å²) >= 11 is 1.47. The Morgan fingerprint density at radius 3 is 2.51 bits per heavy atom. The number of carbonyl (C=O) groups is 1. The molecule has 0 bridgehead atoms. The van der Waals surface area contributed by atoms with Crippen molar-refractivity contribution in [3.63, 3.8) is 0 Å². The van der Waals surface area contributed by atoms with Gasteiger partial charge in [-0.1, -0.05) is 12.1 Å². The molecule has 3 aliphatic rings. The lowest BCUT2D eigenvalue weighted by Gasteiger charge is -2.29. The molecule has 3 saturated heterocycles. The molecule has 9 nitrogen and oxygen atoms in total. The van der Waals surface area contributed by atoms with Gasteiger partial charge in [-0.3, -0.25) is 14.0 Å². The van der Waals surface area contributed by atoms with Gasteiger partial charge in [-0.25, -0.2) is 9.97 Å². The highest BCUT2D eigenvalue weighted by molar-refractivity contribution is 7.24. The van der Waals surface area contributed by atoms with Crippen LogP contribution in [0.2, 0.25) is 0 Å². The molecule has 37 heavy (non-hydrogen) atoms. The van der Waals surface area contributed by atoms with Gasteiger partial charge in [0, 0.05) is 32.2 Å². The zero-order valence-electron chi connectivity index (χ0n) is 21.2. The molecule has 2 unspecified atom stereocenters. The third-order valence-corrected chi connectivity index (χ3v) is 9.54. The predicted molar refractivity (Wildman–Crippen MR) is 147 cm³/mol. The van der Waals surface area contributed by atoms with Crippen LogP contribution in [0.5, 0.6) is 0 Å². The van der Waals surface area contributed by atoms with E-state index in [4.69, 9.17) is 4.98 Å². The molecule has 2 atom stereocenters. The summed E-state index contributed by atoms with van der Waals surface area (Å²) < 4.78 is 2.98. The Kier molecular flexibility index (Phi) is 5.45. The summed E-state index contributed by atoms with van der Waals surface area (Å²) in [5.41, 5.74) is 1.55. The molecule has 4 aromatic rings. The number of fused-ring (bicyclic) bond motifs is 6. The van der Waals surface area contributed by atoms with E-state index < -0.39 is 0 Å². The van der Waals surface area contributed by atoms with Gasteiger partial charge in [0.15, 0.2) is 11.2 Å². The Bertz CT molecular complexity index is 1570. The minimum atomic E-state index is -0.342. The number of thiazole rings is 1. The molecule has 0 aliphatic carbocycles. The van der Waals surface area contributed by atoms with Crippen molar-refractivity contribution in [2.24, 2.45) is 11.8 Å². The lowest BCUT2D eigenvalue weighted by Crippen LogP contribution is -2.44. The first-order chi connectivity index (χ1) is 18.0. The van der Waals surface area contributed by atoms with E-state index in [2.05, 4.69) is 39.1 Å². The zero-order valence-corrected chi connectivity index (χ0v) is 22.0. The van der Waals surface area contributed by atoms with Crippen LogP contribution in [-0.4, -0.2) is 89.5 Å². The smallest absolute Gasteiger partial charge is 0.258 e. The maximum absolute atomic E-state index is 13.8. The van der Waals surface area contributed by atoms with Crippen LogP contribution < -0.4 is 15.6 Å². The first-order valence-corrected chi connectivity index (χ1v) is 13.9. The van der Waals surface area contributed by atoms with Gasteiger partial charge >= 0.3 is 0 Å².